The lowest BCUT2D eigenvalue weighted by Gasteiger charge is -2.40. The molecule has 270 valence electrons. The van der Waals surface area contributed by atoms with Gasteiger partial charge in [-0.2, -0.15) is 0 Å². The van der Waals surface area contributed by atoms with E-state index in [1.807, 2.05) is 84.9 Å². The highest BCUT2D eigenvalue weighted by Gasteiger charge is 2.41. The maximum atomic E-state index is 14.2. The second-order valence-electron chi connectivity index (χ2n) is 14.5. The van der Waals surface area contributed by atoms with E-state index in [2.05, 4.69) is 26.8 Å². The predicted octanol–water partition coefficient (Wildman–Crippen LogP) is 4.28. The standard InChI is InChI=1S/C38H56N4O7/c1-23(2)29(21-24(3)33(44)40-28(36(47)49-12)19-20-30(43)48-11)42(10)35(46)32(37(4,5)6)41-34(45)31(39-9)38(7,8)27-18-17-25-15-13-14-16-26(25)22-27/h13-18,21-23,28-29,31-32,39H,19-20H2,1-12H3,(H,40,44)(H,41,45)/b24-21+/t28-,29-,31-,32-/m1/s1. The summed E-state index contributed by atoms with van der Waals surface area (Å²) in [6.07, 6.45) is 1.59. The van der Waals surface area contributed by atoms with Gasteiger partial charge in [-0.25, -0.2) is 4.79 Å². The molecule has 0 heterocycles. The molecule has 0 bridgehead atoms. The maximum Gasteiger partial charge on any atom is 0.328 e. The van der Waals surface area contributed by atoms with Crippen LogP contribution in [0.2, 0.25) is 0 Å². The van der Waals surface area contributed by atoms with Gasteiger partial charge in [0.15, 0.2) is 0 Å². The number of benzene rings is 2. The second kappa shape index (κ2) is 17.4. The summed E-state index contributed by atoms with van der Waals surface area (Å²) in [5, 5.41) is 11.1. The van der Waals surface area contributed by atoms with Gasteiger partial charge in [0.1, 0.15) is 12.1 Å². The fourth-order valence-corrected chi connectivity index (χ4v) is 5.91. The molecule has 11 heteroatoms. The third-order valence-electron chi connectivity index (χ3n) is 9.08. The number of hydrogen-bond acceptors (Lipinski definition) is 8. The Morgan fingerprint density at radius 1 is 0.878 bits per heavy atom. The van der Waals surface area contributed by atoms with E-state index in [0.717, 1.165) is 16.3 Å². The Kier molecular flexibility index (Phi) is 14.5. The number of nitrogens with one attached hydrogen (secondary N) is 3. The molecule has 2 aromatic rings. The van der Waals surface area contributed by atoms with Crippen molar-refractivity contribution in [2.24, 2.45) is 11.3 Å². The van der Waals surface area contributed by atoms with Crippen LogP contribution in [0.3, 0.4) is 0 Å². The Bertz CT molecular complexity index is 1530. The summed E-state index contributed by atoms with van der Waals surface area (Å²) in [5.74, 6) is -2.48. The Morgan fingerprint density at radius 2 is 1.49 bits per heavy atom. The van der Waals surface area contributed by atoms with Gasteiger partial charge in [0.2, 0.25) is 17.7 Å². The lowest BCUT2D eigenvalue weighted by molar-refractivity contribution is -0.146. The Morgan fingerprint density at radius 3 is 2.02 bits per heavy atom. The number of carbonyl (C=O) groups is 5. The molecule has 0 spiro atoms. The average Bonchev–Trinajstić information content (AvgIpc) is 3.05. The maximum absolute atomic E-state index is 14.2. The van der Waals surface area contributed by atoms with E-state index in [4.69, 9.17) is 4.74 Å². The third kappa shape index (κ3) is 10.6. The minimum atomic E-state index is -1.06. The minimum absolute atomic E-state index is 0.00259. The van der Waals surface area contributed by atoms with Crippen LogP contribution in [-0.2, 0) is 38.9 Å². The molecule has 0 aliphatic rings. The molecule has 0 aliphatic heterocycles. The molecule has 0 fully saturated rings. The lowest BCUT2D eigenvalue weighted by Crippen LogP contribution is -2.61. The number of ether oxygens (including phenoxy) is 2. The number of fused-ring (bicyclic) bond motifs is 1. The molecule has 0 aromatic heterocycles. The van der Waals surface area contributed by atoms with Crippen molar-refractivity contribution < 1.29 is 33.4 Å². The van der Waals surface area contributed by atoms with Crippen molar-refractivity contribution in [1.82, 2.24) is 20.9 Å². The second-order valence-corrected chi connectivity index (χ2v) is 14.5. The van der Waals surface area contributed by atoms with E-state index in [1.54, 1.807) is 32.0 Å². The summed E-state index contributed by atoms with van der Waals surface area (Å²) < 4.78 is 9.46. The zero-order valence-corrected chi connectivity index (χ0v) is 31.2. The van der Waals surface area contributed by atoms with Gasteiger partial charge in [-0.1, -0.05) is 97.0 Å². The first-order chi connectivity index (χ1) is 22.8. The number of hydrogen-bond donors (Lipinski definition) is 3. The highest BCUT2D eigenvalue weighted by molar-refractivity contribution is 5.96. The van der Waals surface area contributed by atoms with Crippen molar-refractivity contribution in [2.45, 2.75) is 97.8 Å². The van der Waals surface area contributed by atoms with E-state index in [0.29, 0.717) is 0 Å². The fraction of sp³-hybridized carbons (Fsp3) is 0.553. The van der Waals surface area contributed by atoms with Crippen molar-refractivity contribution >= 4 is 40.4 Å². The molecule has 0 saturated heterocycles. The van der Waals surface area contributed by atoms with Gasteiger partial charge < -0.3 is 30.3 Å². The van der Waals surface area contributed by atoms with Crippen LogP contribution < -0.4 is 16.0 Å². The molecule has 3 amide bonds. The van der Waals surface area contributed by atoms with Gasteiger partial charge >= 0.3 is 11.9 Å². The average molecular weight is 681 g/mol. The van der Waals surface area contributed by atoms with Gasteiger partial charge in [-0.05, 0) is 48.1 Å². The van der Waals surface area contributed by atoms with Crippen LogP contribution in [0.5, 0.6) is 0 Å². The van der Waals surface area contributed by atoms with Gasteiger partial charge in [0.05, 0.1) is 26.3 Å². The van der Waals surface area contributed by atoms with Crippen molar-refractivity contribution in [3.05, 3.63) is 59.7 Å². The van der Waals surface area contributed by atoms with Crippen LogP contribution in [0, 0.1) is 11.3 Å². The monoisotopic (exact) mass is 680 g/mol. The SMILES string of the molecule is CN[C@H](C(=O)N[C@H](C(=O)N(C)[C@H](/C=C(\C)C(=O)N[C@H](CCC(=O)OC)C(=O)OC)C(C)C)C(C)(C)C)C(C)(C)c1ccc2ccccc2c1. The zero-order chi connectivity index (χ0) is 37.3. The molecule has 0 saturated carbocycles. The summed E-state index contributed by atoms with van der Waals surface area (Å²) in [5.41, 5.74) is -0.0337. The first kappa shape index (κ1) is 40.9. The number of likely N-dealkylation sites (N-methyl/N-ethyl adjacent to an activating group) is 2. The molecule has 49 heavy (non-hydrogen) atoms. The molecule has 2 rings (SSSR count). The molecule has 4 atom stereocenters. The highest BCUT2D eigenvalue weighted by atomic mass is 16.5. The molecule has 0 aliphatic carbocycles. The Balaban J connectivity index is 2.34. The smallest absolute Gasteiger partial charge is 0.328 e. The normalized spacial score (nSPS) is 14.8. The van der Waals surface area contributed by atoms with E-state index < -0.39 is 52.8 Å². The molecule has 11 nitrogen and oxygen atoms in total. The molecule has 2 aromatic carbocycles. The van der Waals surface area contributed by atoms with Gasteiger partial charge in [-0.3, -0.25) is 19.2 Å². The number of nitrogens with zero attached hydrogens (tertiary/aromatic N) is 1. The first-order valence-corrected chi connectivity index (χ1v) is 16.7. The van der Waals surface area contributed by atoms with E-state index in [1.165, 1.54) is 14.2 Å². The number of amides is 3. The molecular weight excluding hydrogens is 624 g/mol. The summed E-state index contributed by atoms with van der Waals surface area (Å²) >= 11 is 0. The molecule has 0 unspecified atom stereocenters. The minimum Gasteiger partial charge on any atom is -0.469 e. The van der Waals surface area contributed by atoms with Crippen molar-refractivity contribution in [1.29, 1.82) is 0 Å². The van der Waals surface area contributed by atoms with Gasteiger partial charge in [-0.15, -0.1) is 0 Å². The first-order valence-electron chi connectivity index (χ1n) is 16.7. The Hall–Kier alpha value is -4.25. The van der Waals surface area contributed by atoms with Crippen LogP contribution in [-0.4, -0.2) is 87.0 Å². The van der Waals surface area contributed by atoms with Gasteiger partial charge in [0, 0.05) is 24.5 Å². The van der Waals surface area contributed by atoms with E-state index in [9.17, 15) is 24.0 Å². The van der Waals surface area contributed by atoms with Crippen LogP contribution in [0.4, 0.5) is 0 Å². The number of carbonyl (C=O) groups excluding carboxylic acids is 5. The largest absolute Gasteiger partial charge is 0.469 e. The molecular formula is C38H56N4O7. The Labute approximate surface area is 291 Å². The van der Waals surface area contributed by atoms with Crippen LogP contribution in [0.1, 0.15) is 73.8 Å². The lowest BCUT2D eigenvalue weighted by atomic mass is 9.76. The fourth-order valence-electron chi connectivity index (χ4n) is 5.91. The van der Waals surface area contributed by atoms with Crippen molar-refractivity contribution in [3.8, 4) is 0 Å². The van der Waals surface area contributed by atoms with E-state index in [-0.39, 0.29) is 36.1 Å². The highest BCUT2D eigenvalue weighted by Crippen LogP contribution is 2.31. The predicted molar refractivity (Wildman–Crippen MR) is 192 cm³/mol. The van der Waals surface area contributed by atoms with Crippen molar-refractivity contribution in [2.75, 3.05) is 28.3 Å². The summed E-state index contributed by atoms with van der Waals surface area (Å²) in [7, 11) is 5.83. The van der Waals surface area contributed by atoms with E-state index >= 15 is 0 Å². The zero-order valence-electron chi connectivity index (χ0n) is 31.2. The summed E-state index contributed by atoms with van der Waals surface area (Å²) in [4.78, 5) is 67.0. The number of rotatable bonds is 15. The van der Waals surface area contributed by atoms with Crippen LogP contribution in [0.15, 0.2) is 54.1 Å². The van der Waals surface area contributed by atoms with Crippen LogP contribution >= 0.6 is 0 Å². The third-order valence-corrected chi connectivity index (χ3v) is 9.08. The summed E-state index contributed by atoms with van der Waals surface area (Å²) in [6.45, 7) is 15.1. The molecule has 3 N–H and O–H groups in total. The number of esters is 2. The summed E-state index contributed by atoms with van der Waals surface area (Å²) in [6, 6.07) is 11.1. The molecule has 0 radical (unpaired) electrons. The number of methoxy groups -OCH3 is 2. The van der Waals surface area contributed by atoms with Gasteiger partial charge in [0.25, 0.3) is 0 Å². The quantitative estimate of drug-likeness (QED) is 0.187. The topological polar surface area (TPSA) is 143 Å². The van der Waals surface area contributed by atoms with Crippen molar-refractivity contribution in [3.63, 3.8) is 0 Å². The van der Waals surface area contributed by atoms with Crippen LogP contribution in [0.25, 0.3) is 10.8 Å².